The zero-order valence-electron chi connectivity index (χ0n) is 9.03. The molecule has 1 N–H and O–H groups in total. The summed E-state index contributed by atoms with van der Waals surface area (Å²) in [7, 11) is 0. The number of nitrogens with zero attached hydrogens (tertiary/aromatic N) is 4. The van der Waals surface area contributed by atoms with Gasteiger partial charge in [-0.1, -0.05) is 0 Å². The molecule has 2 heterocycles. The van der Waals surface area contributed by atoms with E-state index in [1.54, 1.807) is 16.9 Å². The van der Waals surface area contributed by atoms with Crippen molar-refractivity contribution in [1.82, 2.24) is 19.6 Å². The summed E-state index contributed by atoms with van der Waals surface area (Å²) in [6.07, 6.45) is 3.42. The Morgan fingerprint density at radius 3 is 2.56 bits per heavy atom. The molecular weight excluding hydrogens is 208 g/mol. The van der Waals surface area contributed by atoms with Crippen LogP contribution in [0.3, 0.4) is 0 Å². The van der Waals surface area contributed by atoms with Crippen molar-refractivity contribution in [2.24, 2.45) is 0 Å². The molecule has 84 valence electrons. The van der Waals surface area contributed by atoms with Crippen molar-refractivity contribution in [1.29, 1.82) is 0 Å². The number of aromatic nitrogens is 4. The van der Waals surface area contributed by atoms with Gasteiger partial charge in [-0.25, -0.2) is 9.48 Å². The lowest BCUT2D eigenvalue weighted by molar-refractivity contribution is 0.0690. The largest absolute Gasteiger partial charge is 0.476 e. The first-order valence-electron chi connectivity index (χ1n) is 4.92. The van der Waals surface area contributed by atoms with Crippen LogP contribution in [-0.4, -0.2) is 30.6 Å². The summed E-state index contributed by atoms with van der Waals surface area (Å²) >= 11 is 0. The molecule has 6 nitrogen and oxygen atoms in total. The number of hydrogen-bond donors (Lipinski definition) is 1. The average Bonchev–Trinajstić information content (AvgIpc) is 2.86. The molecule has 0 radical (unpaired) electrons. The molecular formula is C10H12N4O2. The van der Waals surface area contributed by atoms with Crippen molar-refractivity contribution in [3.05, 3.63) is 30.2 Å². The van der Waals surface area contributed by atoms with E-state index < -0.39 is 5.97 Å². The maximum atomic E-state index is 10.7. The van der Waals surface area contributed by atoms with E-state index in [2.05, 4.69) is 10.2 Å². The fraction of sp³-hybridized carbons (Fsp3) is 0.300. The Balaban J connectivity index is 2.31. The lowest BCUT2D eigenvalue weighted by atomic mass is 10.4. The summed E-state index contributed by atoms with van der Waals surface area (Å²) in [6.45, 7) is 4.03. The van der Waals surface area contributed by atoms with Gasteiger partial charge in [-0.3, -0.25) is 4.68 Å². The van der Waals surface area contributed by atoms with Gasteiger partial charge >= 0.3 is 5.97 Å². The van der Waals surface area contributed by atoms with Gasteiger partial charge in [0, 0.05) is 24.5 Å². The van der Waals surface area contributed by atoms with E-state index in [9.17, 15) is 4.79 Å². The van der Waals surface area contributed by atoms with E-state index in [1.807, 2.05) is 20.0 Å². The van der Waals surface area contributed by atoms with Crippen LogP contribution in [-0.2, 0) is 0 Å². The van der Waals surface area contributed by atoms with E-state index in [-0.39, 0.29) is 11.7 Å². The van der Waals surface area contributed by atoms with E-state index in [4.69, 9.17) is 5.11 Å². The summed E-state index contributed by atoms with van der Waals surface area (Å²) in [5.41, 5.74) is 0.0131. The highest BCUT2D eigenvalue weighted by Gasteiger charge is 2.09. The van der Waals surface area contributed by atoms with Crippen LogP contribution in [0.25, 0.3) is 5.82 Å². The summed E-state index contributed by atoms with van der Waals surface area (Å²) < 4.78 is 3.24. The zero-order chi connectivity index (χ0) is 11.7. The van der Waals surface area contributed by atoms with Gasteiger partial charge in [0.05, 0.1) is 0 Å². The van der Waals surface area contributed by atoms with E-state index in [1.165, 1.54) is 10.7 Å². The molecule has 0 bridgehead atoms. The average molecular weight is 220 g/mol. The molecule has 2 rings (SSSR count). The number of aromatic carboxylic acids is 1. The second-order valence-corrected chi connectivity index (χ2v) is 3.70. The SMILES string of the molecule is CC(C)n1ccc(-n2ccc(C(=O)O)n2)n1. The van der Waals surface area contributed by atoms with Gasteiger partial charge in [0.2, 0.25) is 0 Å². The van der Waals surface area contributed by atoms with Gasteiger partial charge in [-0.05, 0) is 19.9 Å². The normalized spacial score (nSPS) is 10.9. The Morgan fingerprint density at radius 1 is 1.31 bits per heavy atom. The molecule has 0 amide bonds. The predicted octanol–water partition coefficient (Wildman–Crippen LogP) is 1.35. The topological polar surface area (TPSA) is 72.9 Å². The van der Waals surface area contributed by atoms with Crippen molar-refractivity contribution in [2.75, 3.05) is 0 Å². The fourth-order valence-corrected chi connectivity index (χ4v) is 1.30. The minimum absolute atomic E-state index is 0.0131. The van der Waals surface area contributed by atoms with E-state index >= 15 is 0 Å². The van der Waals surface area contributed by atoms with E-state index in [0.29, 0.717) is 5.82 Å². The highest BCUT2D eigenvalue weighted by Crippen LogP contribution is 2.08. The third kappa shape index (κ3) is 1.81. The molecule has 0 aliphatic rings. The zero-order valence-corrected chi connectivity index (χ0v) is 9.03. The number of carboxylic acid groups (broad SMARTS) is 1. The van der Waals surface area contributed by atoms with Gasteiger partial charge in [0.25, 0.3) is 0 Å². The molecule has 0 aromatic carbocycles. The van der Waals surface area contributed by atoms with Crippen LogP contribution in [0, 0.1) is 0 Å². The molecule has 2 aromatic heterocycles. The summed E-state index contributed by atoms with van der Waals surface area (Å²) in [6, 6.07) is 3.50. The molecule has 2 aromatic rings. The van der Waals surface area contributed by atoms with Crippen molar-refractivity contribution in [3.8, 4) is 5.82 Å². The summed E-state index contributed by atoms with van der Waals surface area (Å²) in [5, 5.41) is 16.9. The van der Waals surface area contributed by atoms with Crippen LogP contribution in [0.2, 0.25) is 0 Å². The highest BCUT2D eigenvalue weighted by atomic mass is 16.4. The monoisotopic (exact) mass is 220 g/mol. The van der Waals surface area contributed by atoms with Crippen molar-refractivity contribution in [2.45, 2.75) is 19.9 Å². The Hall–Kier alpha value is -2.11. The molecule has 0 saturated heterocycles. The van der Waals surface area contributed by atoms with Crippen molar-refractivity contribution >= 4 is 5.97 Å². The molecule has 0 saturated carbocycles. The van der Waals surface area contributed by atoms with Gasteiger partial charge in [0.15, 0.2) is 11.5 Å². The molecule has 0 aliphatic carbocycles. The molecule has 0 fully saturated rings. The smallest absolute Gasteiger partial charge is 0.356 e. The van der Waals surface area contributed by atoms with Crippen LogP contribution in [0.4, 0.5) is 0 Å². The molecule has 0 aliphatic heterocycles. The lowest BCUT2D eigenvalue weighted by Gasteiger charge is -2.03. The minimum Gasteiger partial charge on any atom is -0.476 e. The Kier molecular flexibility index (Phi) is 2.47. The Labute approximate surface area is 92.1 Å². The standard InChI is InChI=1S/C10H12N4O2/c1-7(2)13-6-4-9(12-13)14-5-3-8(11-14)10(15)16/h3-7H,1-2H3,(H,15,16). The predicted molar refractivity (Wildman–Crippen MR) is 56.7 cm³/mol. The second kappa shape index (κ2) is 3.80. The van der Waals surface area contributed by atoms with Crippen molar-refractivity contribution < 1.29 is 9.90 Å². The van der Waals surface area contributed by atoms with Crippen LogP contribution in [0.5, 0.6) is 0 Å². The van der Waals surface area contributed by atoms with Gasteiger partial charge in [-0.15, -0.1) is 0 Å². The first-order valence-corrected chi connectivity index (χ1v) is 4.92. The van der Waals surface area contributed by atoms with Crippen LogP contribution in [0.15, 0.2) is 24.5 Å². The molecule has 0 spiro atoms. The summed E-state index contributed by atoms with van der Waals surface area (Å²) in [5.74, 6) is -0.428. The minimum atomic E-state index is -1.04. The highest BCUT2D eigenvalue weighted by molar-refractivity contribution is 5.85. The van der Waals surface area contributed by atoms with Gasteiger partial charge < -0.3 is 5.11 Å². The fourth-order valence-electron chi connectivity index (χ4n) is 1.30. The first-order chi connectivity index (χ1) is 7.58. The van der Waals surface area contributed by atoms with Crippen molar-refractivity contribution in [3.63, 3.8) is 0 Å². The Morgan fingerprint density at radius 2 is 2.06 bits per heavy atom. The number of carbonyl (C=O) groups is 1. The van der Waals surface area contributed by atoms with Gasteiger partial charge in [-0.2, -0.15) is 10.2 Å². The second-order valence-electron chi connectivity index (χ2n) is 3.70. The first kappa shape index (κ1) is 10.4. The maximum Gasteiger partial charge on any atom is 0.356 e. The Bertz CT molecular complexity index is 512. The molecule has 6 heteroatoms. The van der Waals surface area contributed by atoms with Crippen LogP contribution < -0.4 is 0 Å². The third-order valence-corrected chi connectivity index (χ3v) is 2.17. The maximum absolute atomic E-state index is 10.7. The van der Waals surface area contributed by atoms with Crippen LogP contribution >= 0.6 is 0 Å². The number of hydrogen-bond acceptors (Lipinski definition) is 3. The molecule has 16 heavy (non-hydrogen) atoms. The van der Waals surface area contributed by atoms with Gasteiger partial charge in [0.1, 0.15) is 0 Å². The quantitative estimate of drug-likeness (QED) is 0.847. The summed E-state index contributed by atoms with van der Waals surface area (Å²) in [4.78, 5) is 10.7. The lowest BCUT2D eigenvalue weighted by Crippen LogP contribution is -2.04. The van der Waals surface area contributed by atoms with Crippen LogP contribution in [0.1, 0.15) is 30.4 Å². The third-order valence-electron chi connectivity index (χ3n) is 2.17. The number of carboxylic acids is 1. The number of rotatable bonds is 3. The van der Waals surface area contributed by atoms with E-state index in [0.717, 1.165) is 0 Å². The molecule has 0 atom stereocenters. The molecule has 0 unspecified atom stereocenters.